The predicted octanol–water partition coefficient (Wildman–Crippen LogP) is 3.15. The molecule has 2 rings (SSSR count). The molecular formula is C22H29NO5S. The zero-order valence-electron chi connectivity index (χ0n) is 17.4. The Kier molecular flexibility index (Phi) is 7.21. The molecule has 0 aliphatic rings. The van der Waals surface area contributed by atoms with E-state index >= 15 is 0 Å². The summed E-state index contributed by atoms with van der Waals surface area (Å²) in [6.07, 6.45) is -1.33. The van der Waals surface area contributed by atoms with E-state index in [-0.39, 0.29) is 4.90 Å². The summed E-state index contributed by atoms with van der Waals surface area (Å²) in [5.74, 6) is -1.34. The van der Waals surface area contributed by atoms with Crippen molar-refractivity contribution in [1.29, 1.82) is 0 Å². The number of carbonyl (C=O) groups excluding carboxylic acids is 1. The Bertz CT molecular complexity index is 918. The number of carbonyl (C=O) groups is 1. The van der Waals surface area contributed by atoms with Gasteiger partial charge in [-0.25, -0.2) is 8.42 Å². The summed E-state index contributed by atoms with van der Waals surface area (Å²) in [6.45, 7) is 8.63. The van der Waals surface area contributed by atoms with Crippen LogP contribution in [0.15, 0.2) is 59.5 Å². The second-order valence-corrected chi connectivity index (χ2v) is 9.85. The number of esters is 1. The Morgan fingerprint density at radius 2 is 1.59 bits per heavy atom. The summed E-state index contributed by atoms with van der Waals surface area (Å²) in [5, 5.41) is 10.9. The Balaban J connectivity index is 2.36. The standard InChI is InChI=1S/C22H29NO5S/c1-15-11-13-18(14-12-15)29(26,27)23-19(21(25)28-22(3,4)5)20(24)16(2)17-9-7-6-8-10-17/h6-14,16,19-20,23-24H,1-5H3. The molecule has 2 aromatic rings. The number of sulfonamides is 1. The van der Waals surface area contributed by atoms with Gasteiger partial charge in [-0.3, -0.25) is 4.79 Å². The van der Waals surface area contributed by atoms with Crippen molar-refractivity contribution >= 4 is 16.0 Å². The number of benzene rings is 2. The van der Waals surface area contributed by atoms with Crippen molar-refractivity contribution in [2.45, 2.75) is 63.2 Å². The van der Waals surface area contributed by atoms with E-state index in [1.165, 1.54) is 12.1 Å². The average Bonchev–Trinajstić information content (AvgIpc) is 2.64. The molecule has 6 nitrogen and oxygen atoms in total. The topological polar surface area (TPSA) is 92.7 Å². The fraction of sp³-hybridized carbons (Fsp3) is 0.409. The van der Waals surface area contributed by atoms with E-state index in [0.29, 0.717) is 0 Å². The summed E-state index contributed by atoms with van der Waals surface area (Å²) >= 11 is 0. The highest BCUT2D eigenvalue weighted by atomic mass is 32.2. The van der Waals surface area contributed by atoms with E-state index in [1.54, 1.807) is 39.8 Å². The summed E-state index contributed by atoms with van der Waals surface area (Å²) in [6, 6.07) is 13.9. The third kappa shape index (κ3) is 6.39. The van der Waals surface area contributed by atoms with Crippen molar-refractivity contribution in [3.8, 4) is 0 Å². The molecule has 0 saturated carbocycles. The van der Waals surface area contributed by atoms with Gasteiger partial charge in [0.1, 0.15) is 11.6 Å². The van der Waals surface area contributed by atoms with Crippen LogP contribution in [0.3, 0.4) is 0 Å². The summed E-state index contributed by atoms with van der Waals surface area (Å²) < 4.78 is 33.4. The maximum Gasteiger partial charge on any atom is 0.327 e. The van der Waals surface area contributed by atoms with Crippen molar-refractivity contribution in [3.63, 3.8) is 0 Å². The lowest BCUT2D eigenvalue weighted by Gasteiger charge is -2.30. The van der Waals surface area contributed by atoms with Crippen molar-refractivity contribution in [3.05, 3.63) is 65.7 Å². The van der Waals surface area contributed by atoms with E-state index in [1.807, 2.05) is 37.3 Å². The Morgan fingerprint density at radius 3 is 2.10 bits per heavy atom. The molecule has 29 heavy (non-hydrogen) atoms. The molecule has 0 amide bonds. The average molecular weight is 420 g/mol. The molecule has 0 aromatic heterocycles. The number of hydrogen-bond acceptors (Lipinski definition) is 5. The van der Waals surface area contributed by atoms with Gasteiger partial charge in [-0.05, 0) is 45.4 Å². The second-order valence-electron chi connectivity index (χ2n) is 8.14. The first kappa shape index (κ1) is 23.1. The molecule has 0 saturated heterocycles. The van der Waals surface area contributed by atoms with Crippen LogP contribution in [0.1, 0.15) is 44.7 Å². The number of aliphatic hydroxyl groups excluding tert-OH is 1. The molecule has 0 bridgehead atoms. The highest BCUT2D eigenvalue weighted by molar-refractivity contribution is 7.89. The van der Waals surface area contributed by atoms with Crippen LogP contribution >= 0.6 is 0 Å². The van der Waals surface area contributed by atoms with Crippen molar-refractivity contribution < 1.29 is 23.1 Å². The third-order valence-corrected chi connectivity index (χ3v) is 5.91. The van der Waals surface area contributed by atoms with Crippen molar-refractivity contribution in [2.75, 3.05) is 0 Å². The lowest BCUT2D eigenvalue weighted by molar-refractivity contribution is -0.160. The Morgan fingerprint density at radius 1 is 1.03 bits per heavy atom. The molecular weight excluding hydrogens is 390 g/mol. The first-order valence-corrected chi connectivity index (χ1v) is 10.9. The van der Waals surface area contributed by atoms with Crippen molar-refractivity contribution in [1.82, 2.24) is 4.72 Å². The third-order valence-electron chi connectivity index (χ3n) is 4.45. The second kappa shape index (κ2) is 9.07. The van der Waals surface area contributed by atoms with E-state index < -0.39 is 39.7 Å². The smallest absolute Gasteiger partial charge is 0.327 e. The monoisotopic (exact) mass is 419 g/mol. The summed E-state index contributed by atoms with van der Waals surface area (Å²) in [4.78, 5) is 12.8. The number of ether oxygens (including phenoxy) is 1. The van der Waals surface area contributed by atoms with Gasteiger partial charge in [0.15, 0.2) is 0 Å². The van der Waals surface area contributed by atoms with Crippen LogP contribution in [0.4, 0.5) is 0 Å². The molecule has 3 atom stereocenters. The highest BCUT2D eigenvalue weighted by Gasteiger charge is 2.38. The van der Waals surface area contributed by atoms with Gasteiger partial charge in [-0.15, -0.1) is 0 Å². The predicted molar refractivity (Wildman–Crippen MR) is 112 cm³/mol. The number of hydrogen-bond donors (Lipinski definition) is 2. The zero-order valence-corrected chi connectivity index (χ0v) is 18.2. The maximum absolute atomic E-state index is 12.9. The molecule has 0 aliphatic carbocycles. The maximum atomic E-state index is 12.9. The van der Waals surface area contributed by atoms with Crippen LogP contribution in [-0.4, -0.2) is 37.2 Å². The van der Waals surface area contributed by atoms with E-state index in [2.05, 4.69) is 4.72 Å². The van der Waals surface area contributed by atoms with Gasteiger partial charge < -0.3 is 9.84 Å². The van der Waals surface area contributed by atoms with Gasteiger partial charge in [0.2, 0.25) is 10.0 Å². The number of rotatable bonds is 7. The van der Waals surface area contributed by atoms with Crippen LogP contribution in [-0.2, 0) is 19.6 Å². The molecule has 0 heterocycles. The summed E-state index contributed by atoms with van der Waals surface area (Å²) in [5.41, 5.74) is 0.855. The number of aryl methyl sites for hydroxylation is 1. The molecule has 2 aromatic carbocycles. The Hall–Kier alpha value is -2.22. The first-order chi connectivity index (χ1) is 13.4. The fourth-order valence-electron chi connectivity index (χ4n) is 2.82. The van der Waals surface area contributed by atoms with Gasteiger partial charge in [0, 0.05) is 5.92 Å². The SMILES string of the molecule is Cc1ccc(S(=O)(=O)NC(C(=O)OC(C)(C)C)C(O)C(C)c2ccccc2)cc1. The fourth-order valence-corrected chi connectivity index (χ4v) is 4.02. The summed E-state index contributed by atoms with van der Waals surface area (Å²) in [7, 11) is -4.05. The molecule has 7 heteroatoms. The number of nitrogens with one attached hydrogen (secondary N) is 1. The minimum absolute atomic E-state index is 0.0104. The first-order valence-electron chi connectivity index (χ1n) is 9.45. The van der Waals surface area contributed by atoms with Crippen LogP contribution < -0.4 is 4.72 Å². The van der Waals surface area contributed by atoms with E-state index in [9.17, 15) is 18.3 Å². The Labute approximate surface area is 173 Å². The minimum Gasteiger partial charge on any atom is -0.459 e. The van der Waals surface area contributed by atoms with Gasteiger partial charge in [0.25, 0.3) is 0 Å². The molecule has 3 unspecified atom stereocenters. The highest BCUT2D eigenvalue weighted by Crippen LogP contribution is 2.24. The largest absolute Gasteiger partial charge is 0.459 e. The van der Waals surface area contributed by atoms with Gasteiger partial charge >= 0.3 is 5.97 Å². The van der Waals surface area contributed by atoms with Crippen LogP contribution in [0.5, 0.6) is 0 Å². The molecule has 158 valence electrons. The van der Waals surface area contributed by atoms with Gasteiger partial charge in [-0.1, -0.05) is 55.0 Å². The molecule has 2 N–H and O–H groups in total. The van der Waals surface area contributed by atoms with Crippen LogP contribution in [0.25, 0.3) is 0 Å². The number of aliphatic hydroxyl groups is 1. The zero-order chi connectivity index (χ0) is 21.8. The van der Waals surface area contributed by atoms with E-state index in [4.69, 9.17) is 4.74 Å². The van der Waals surface area contributed by atoms with Crippen molar-refractivity contribution in [2.24, 2.45) is 0 Å². The molecule has 0 aliphatic heterocycles. The molecule has 0 spiro atoms. The van der Waals surface area contributed by atoms with Crippen LogP contribution in [0, 0.1) is 6.92 Å². The quantitative estimate of drug-likeness (QED) is 0.673. The molecule has 0 radical (unpaired) electrons. The minimum atomic E-state index is -4.05. The van der Waals surface area contributed by atoms with Crippen LogP contribution in [0.2, 0.25) is 0 Å². The van der Waals surface area contributed by atoms with Gasteiger partial charge in [-0.2, -0.15) is 4.72 Å². The van der Waals surface area contributed by atoms with E-state index in [0.717, 1.165) is 11.1 Å². The van der Waals surface area contributed by atoms with Gasteiger partial charge in [0.05, 0.1) is 11.0 Å². The molecule has 0 fully saturated rings. The lowest BCUT2D eigenvalue weighted by Crippen LogP contribution is -2.52. The lowest BCUT2D eigenvalue weighted by atomic mass is 9.91. The normalized spacial score (nSPS) is 15.4.